The zero-order valence-corrected chi connectivity index (χ0v) is 20.7. The predicted octanol–water partition coefficient (Wildman–Crippen LogP) is 4.88. The number of hydrogen-bond donors (Lipinski definition) is 1. The molecule has 3 rings (SSSR count). The summed E-state index contributed by atoms with van der Waals surface area (Å²) in [7, 11) is 0. The van der Waals surface area contributed by atoms with Crippen LogP contribution in [0.5, 0.6) is 5.75 Å². The lowest BCUT2D eigenvalue weighted by Gasteiger charge is -2.28. The molecule has 6 heteroatoms. The minimum absolute atomic E-state index is 0.0376. The van der Waals surface area contributed by atoms with Crippen LogP contribution in [-0.2, 0) is 27.4 Å². The van der Waals surface area contributed by atoms with Crippen molar-refractivity contribution in [3.8, 4) is 5.75 Å². The number of rotatable bonds is 8. The Hall–Kier alpha value is -3.15. The summed E-state index contributed by atoms with van der Waals surface area (Å²) in [5.74, 6) is -0.618. The van der Waals surface area contributed by atoms with Gasteiger partial charge < -0.3 is 14.8 Å². The molecule has 0 saturated carbocycles. The number of nitrogens with one attached hydrogen (secondary N) is 1. The third-order valence-corrected chi connectivity index (χ3v) is 5.80. The van der Waals surface area contributed by atoms with Crippen LogP contribution in [0.15, 0.2) is 48.5 Å². The van der Waals surface area contributed by atoms with Gasteiger partial charge in [-0.1, -0.05) is 44.2 Å². The largest absolute Gasteiger partial charge is 0.489 e. The maximum atomic E-state index is 13.1. The van der Waals surface area contributed by atoms with Crippen molar-refractivity contribution in [2.24, 2.45) is 11.8 Å². The number of carbonyl (C=O) groups is 3. The summed E-state index contributed by atoms with van der Waals surface area (Å²) in [6, 6.07) is 14.7. The molecule has 2 aromatic carbocycles. The molecule has 2 aromatic rings. The van der Waals surface area contributed by atoms with E-state index in [1.54, 1.807) is 32.9 Å². The number of aryl methyl sites for hydroxylation is 1. The van der Waals surface area contributed by atoms with Crippen LogP contribution < -0.4 is 10.1 Å². The summed E-state index contributed by atoms with van der Waals surface area (Å²) >= 11 is 0. The molecule has 1 N–H and O–H groups in total. The van der Waals surface area contributed by atoms with Crippen molar-refractivity contribution in [2.75, 3.05) is 0 Å². The monoisotopic (exact) mass is 465 g/mol. The second-order valence-corrected chi connectivity index (χ2v) is 10.2. The fraction of sp³-hybridized carbons (Fsp3) is 0.464. The number of fused-ring (bicyclic) bond motifs is 1. The number of amides is 1. The molecule has 0 fully saturated rings. The molecule has 0 heterocycles. The van der Waals surface area contributed by atoms with Gasteiger partial charge in [0, 0.05) is 17.9 Å². The molecule has 1 amide bonds. The zero-order chi connectivity index (χ0) is 24.9. The Morgan fingerprint density at radius 3 is 2.44 bits per heavy atom. The van der Waals surface area contributed by atoms with Crippen molar-refractivity contribution in [2.45, 2.75) is 72.1 Å². The fourth-order valence-corrected chi connectivity index (χ4v) is 4.04. The van der Waals surface area contributed by atoms with Gasteiger partial charge in [0.2, 0.25) is 5.91 Å². The number of ether oxygens (including phenoxy) is 2. The highest BCUT2D eigenvalue weighted by molar-refractivity contribution is 6.02. The Labute approximate surface area is 202 Å². The van der Waals surface area contributed by atoms with Crippen LogP contribution in [0.3, 0.4) is 0 Å². The lowest BCUT2D eigenvalue weighted by Crippen LogP contribution is -2.48. The lowest BCUT2D eigenvalue weighted by molar-refractivity contribution is -0.160. The van der Waals surface area contributed by atoms with Crippen LogP contribution in [0, 0.1) is 11.8 Å². The van der Waals surface area contributed by atoms with Crippen molar-refractivity contribution in [3.05, 3.63) is 65.2 Å². The molecule has 1 unspecified atom stereocenters. The van der Waals surface area contributed by atoms with Crippen molar-refractivity contribution in [1.82, 2.24) is 5.32 Å². The molecule has 6 nitrogen and oxygen atoms in total. The zero-order valence-electron chi connectivity index (χ0n) is 20.7. The van der Waals surface area contributed by atoms with Gasteiger partial charge in [-0.3, -0.25) is 9.59 Å². The average Bonchev–Trinajstić information content (AvgIpc) is 2.77. The van der Waals surface area contributed by atoms with Gasteiger partial charge in [-0.25, -0.2) is 4.79 Å². The first-order valence-electron chi connectivity index (χ1n) is 11.9. The topological polar surface area (TPSA) is 81.7 Å². The quantitative estimate of drug-likeness (QED) is 0.562. The summed E-state index contributed by atoms with van der Waals surface area (Å²) in [5, 5.41) is 2.79. The van der Waals surface area contributed by atoms with Crippen LogP contribution in [-0.4, -0.2) is 29.3 Å². The van der Waals surface area contributed by atoms with E-state index in [0.29, 0.717) is 25.0 Å². The first-order chi connectivity index (χ1) is 16.0. The number of benzene rings is 2. The number of hydrogen-bond acceptors (Lipinski definition) is 5. The van der Waals surface area contributed by atoms with Gasteiger partial charge in [0.05, 0.1) is 0 Å². The van der Waals surface area contributed by atoms with Crippen LogP contribution in [0.1, 0.15) is 68.9 Å². The van der Waals surface area contributed by atoms with E-state index in [-0.39, 0.29) is 24.0 Å². The van der Waals surface area contributed by atoms with Gasteiger partial charge in [0.1, 0.15) is 24.0 Å². The SMILES string of the molecule is CC(C)[C@H](NC(=O)CC1CCc2cc(OCc3ccccc3)ccc2C1=O)C(=O)OC(C)(C)C. The highest BCUT2D eigenvalue weighted by Gasteiger charge is 2.33. The molecule has 0 bridgehead atoms. The maximum Gasteiger partial charge on any atom is 0.329 e. The van der Waals surface area contributed by atoms with Crippen molar-refractivity contribution in [1.29, 1.82) is 0 Å². The molecule has 0 aromatic heterocycles. The smallest absolute Gasteiger partial charge is 0.329 e. The molecular formula is C28H35NO5. The van der Waals surface area contributed by atoms with E-state index in [2.05, 4.69) is 5.32 Å². The van der Waals surface area contributed by atoms with E-state index in [1.165, 1.54) is 0 Å². The van der Waals surface area contributed by atoms with Gasteiger partial charge in [0.15, 0.2) is 5.78 Å². The molecule has 34 heavy (non-hydrogen) atoms. The Morgan fingerprint density at radius 2 is 1.79 bits per heavy atom. The Bertz CT molecular complexity index is 1020. The number of ketones is 1. The van der Waals surface area contributed by atoms with Crippen LogP contribution >= 0.6 is 0 Å². The van der Waals surface area contributed by atoms with E-state index in [0.717, 1.165) is 16.9 Å². The van der Waals surface area contributed by atoms with Gasteiger partial charge >= 0.3 is 5.97 Å². The van der Waals surface area contributed by atoms with E-state index < -0.39 is 23.5 Å². The number of Topliss-reactive ketones (excluding diaryl/α,β-unsaturated/α-hetero) is 1. The summed E-state index contributed by atoms with van der Waals surface area (Å²) in [6.45, 7) is 9.55. The van der Waals surface area contributed by atoms with E-state index in [9.17, 15) is 14.4 Å². The highest BCUT2D eigenvalue weighted by atomic mass is 16.6. The minimum Gasteiger partial charge on any atom is -0.489 e. The van der Waals surface area contributed by atoms with Gasteiger partial charge in [-0.15, -0.1) is 0 Å². The van der Waals surface area contributed by atoms with Crippen LogP contribution in [0.25, 0.3) is 0 Å². The highest BCUT2D eigenvalue weighted by Crippen LogP contribution is 2.30. The van der Waals surface area contributed by atoms with E-state index in [1.807, 2.05) is 50.2 Å². The molecule has 182 valence electrons. The summed E-state index contributed by atoms with van der Waals surface area (Å²) in [6.07, 6.45) is 1.33. The molecule has 0 aliphatic heterocycles. The second-order valence-electron chi connectivity index (χ2n) is 10.2. The van der Waals surface area contributed by atoms with Crippen molar-refractivity contribution >= 4 is 17.7 Å². The Kier molecular flexibility index (Phi) is 8.13. The first kappa shape index (κ1) is 25.5. The van der Waals surface area contributed by atoms with E-state index in [4.69, 9.17) is 9.47 Å². The molecular weight excluding hydrogens is 430 g/mol. The number of esters is 1. The summed E-state index contributed by atoms with van der Waals surface area (Å²) in [5.41, 5.74) is 2.03. The molecule has 1 aliphatic rings. The van der Waals surface area contributed by atoms with Crippen LogP contribution in [0.4, 0.5) is 0 Å². The van der Waals surface area contributed by atoms with Crippen molar-refractivity contribution < 1.29 is 23.9 Å². The molecule has 0 saturated heterocycles. The van der Waals surface area contributed by atoms with Gasteiger partial charge in [0.25, 0.3) is 0 Å². The van der Waals surface area contributed by atoms with Crippen molar-refractivity contribution in [3.63, 3.8) is 0 Å². The summed E-state index contributed by atoms with van der Waals surface area (Å²) < 4.78 is 11.3. The fourth-order valence-electron chi connectivity index (χ4n) is 4.04. The normalized spacial score (nSPS) is 16.5. The molecule has 0 spiro atoms. The maximum absolute atomic E-state index is 13.1. The van der Waals surface area contributed by atoms with E-state index >= 15 is 0 Å². The van der Waals surface area contributed by atoms with Gasteiger partial charge in [-0.05, 0) is 68.9 Å². The Morgan fingerprint density at radius 1 is 1.09 bits per heavy atom. The van der Waals surface area contributed by atoms with Gasteiger partial charge in [-0.2, -0.15) is 0 Å². The third-order valence-electron chi connectivity index (χ3n) is 5.80. The third kappa shape index (κ3) is 6.92. The average molecular weight is 466 g/mol. The second kappa shape index (κ2) is 10.9. The first-order valence-corrected chi connectivity index (χ1v) is 11.9. The minimum atomic E-state index is -0.748. The van der Waals surface area contributed by atoms with Crippen LogP contribution in [0.2, 0.25) is 0 Å². The molecule has 2 atom stereocenters. The lowest BCUT2D eigenvalue weighted by atomic mass is 9.81. The standard InChI is InChI=1S/C28H35NO5/c1-18(2)25(27(32)34-28(3,4)5)29-24(30)16-21-12-11-20-15-22(13-14-23(20)26(21)31)33-17-19-9-7-6-8-10-19/h6-10,13-15,18,21,25H,11-12,16-17H2,1-5H3,(H,29,30)/t21?,25-/m0/s1. The Balaban J connectivity index is 1.60. The molecule has 1 aliphatic carbocycles. The predicted molar refractivity (Wildman–Crippen MR) is 131 cm³/mol. The number of carbonyl (C=O) groups excluding carboxylic acids is 3. The summed E-state index contributed by atoms with van der Waals surface area (Å²) in [4.78, 5) is 38.3. The molecule has 0 radical (unpaired) electrons.